The van der Waals surface area contributed by atoms with Crippen molar-refractivity contribution in [2.75, 3.05) is 23.3 Å². The number of thiocarbonyl (C=S) groups is 1. The molecule has 2 aromatic carbocycles. The van der Waals surface area contributed by atoms with Crippen molar-refractivity contribution in [3.63, 3.8) is 0 Å². The largest absolute Gasteiger partial charge is 0.416 e. The summed E-state index contributed by atoms with van der Waals surface area (Å²) >= 11 is 5.29. The predicted octanol–water partition coefficient (Wildman–Crippen LogP) is 5.74. The summed E-state index contributed by atoms with van der Waals surface area (Å²) in [7, 11) is 0. The highest BCUT2D eigenvalue weighted by molar-refractivity contribution is 7.80. The summed E-state index contributed by atoms with van der Waals surface area (Å²) in [6.45, 7) is 4.21. The lowest BCUT2D eigenvalue weighted by Crippen LogP contribution is -2.31. The molecule has 3 nitrogen and oxygen atoms in total. The first-order valence-electron chi connectivity index (χ1n) is 9.42. The molecule has 150 valence electrons. The minimum absolute atomic E-state index is 0.0233. The number of anilines is 2. The molecule has 0 radical (unpaired) electrons. The van der Waals surface area contributed by atoms with Crippen LogP contribution in [0.1, 0.15) is 43.4 Å². The monoisotopic (exact) mass is 407 g/mol. The Labute approximate surface area is 168 Å². The number of benzene rings is 2. The number of nitrogens with one attached hydrogen (secondary N) is 2. The van der Waals surface area contributed by atoms with Gasteiger partial charge in [-0.2, -0.15) is 13.2 Å². The quantitative estimate of drug-likeness (QED) is 0.632. The Morgan fingerprint density at radius 1 is 0.964 bits per heavy atom. The second kappa shape index (κ2) is 8.82. The van der Waals surface area contributed by atoms with Gasteiger partial charge in [-0.3, -0.25) is 0 Å². The molecule has 0 bridgehead atoms. The molecule has 0 aliphatic carbocycles. The highest BCUT2D eigenvalue weighted by Gasteiger charge is 2.29. The standard InChI is InChI=1S/C21H24F3N3S/c1-15(16-5-11-19(12-6-16)27-13-3-2-4-14-27)25-20(28)26-18-9-7-17(8-10-18)21(22,23)24/h5-12,15H,2-4,13-14H2,1H3,(H2,25,26,28). The van der Waals surface area contributed by atoms with Crippen LogP contribution < -0.4 is 15.5 Å². The summed E-state index contributed by atoms with van der Waals surface area (Å²) in [4.78, 5) is 2.40. The van der Waals surface area contributed by atoms with E-state index in [2.05, 4.69) is 39.8 Å². The zero-order valence-electron chi connectivity index (χ0n) is 15.7. The Hall–Kier alpha value is -2.28. The van der Waals surface area contributed by atoms with E-state index in [9.17, 15) is 13.2 Å². The number of alkyl halides is 3. The van der Waals surface area contributed by atoms with Crippen LogP contribution in [0.25, 0.3) is 0 Å². The molecule has 1 aliphatic heterocycles. The number of piperidine rings is 1. The van der Waals surface area contributed by atoms with Crippen molar-refractivity contribution >= 4 is 28.7 Å². The fraction of sp³-hybridized carbons (Fsp3) is 0.381. The molecule has 7 heteroatoms. The lowest BCUT2D eigenvalue weighted by molar-refractivity contribution is -0.137. The SMILES string of the molecule is CC(NC(=S)Nc1ccc(C(F)(F)F)cc1)c1ccc(N2CCCCC2)cc1. The lowest BCUT2D eigenvalue weighted by Gasteiger charge is -2.29. The Kier molecular flexibility index (Phi) is 6.44. The zero-order valence-corrected chi connectivity index (χ0v) is 16.5. The average Bonchev–Trinajstić information content (AvgIpc) is 2.68. The van der Waals surface area contributed by atoms with Gasteiger partial charge in [-0.05, 0) is 80.4 Å². The van der Waals surface area contributed by atoms with E-state index < -0.39 is 11.7 Å². The maximum atomic E-state index is 12.6. The van der Waals surface area contributed by atoms with Crippen LogP contribution in [0.4, 0.5) is 24.5 Å². The van der Waals surface area contributed by atoms with Crippen molar-refractivity contribution in [2.45, 2.75) is 38.4 Å². The molecular weight excluding hydrogens is 383 g/mol. The van der Waals surface area contributed by atoms with E-state index in [1.165, 1.54) is 37.1 Å². The molecular formula is C21H24F3N3S. The maximum absolute atomic E-state index is 12.6. The van der Waals surface area contributed by atoms with Crippen molar-refractivity contribution in [3.05, 3.63) is 59.7 Å². The van der Waals surface area contributed by atoms with Crippen LogP contribution >= 0.6 is 12.2 Å². The van der Waals surface area contributed by atoms with E-state index in [1.54, 1.807) is 0 Å². The van der Waals surface area contributed by atoms with Gasteiger partial charge in [0.1, 0.15) is 0 Å². The topological polar surface area (TPSA) is 27.3 Å². The van der Waals surface area contributed by atoms with Gasteiger partial charge in [0.25, 0.3) is 0 Å². The summed E-state index contributed by atoms with van der Waals surface area (Å²) in [6, 6.07) is 13.2. The van der Waals surface area contributed by atoms with Gasteiger partial charge in [0, 0.05) is 24.5 Å². The van der Waals surface area contributed by atoms with Gasteiger partial charge in [0.2, 0.25) is 0 Å². The van der Waals surface area contributed by atoms with Crippen molar-refractivity contribution in [2.24, 2.45) is 0 Å². The lowest BCUT2D eigenvalue weighted by atomic mass is 10.1. The number of rotatable bonds is 4. The molecule has 0 amide bonds. The Bertz CT molecular complexity index is 782. The highest BCUT2D eigenvalue weighted by atomic mass is 32.1. The number of hydrogen-bond donors (Lipinski definition) is 2. The van der Waals surface area contributed by atoms with E-state index in [0.717, 1.165) is 30.8 Å². The third-order valence-electron chi connectivity index (χ3n) is 4.93. The highest BCUT2D eigenvalue weighted by Crippen LogP contribution is 2.30. The molecule has 0 aromatic heterocycles. The van der Waals surface area contributed by atoms with Crippen LogP contribution in [0.2, 0.25) is 0 Å². The van der Waals surface area contributed by atoms with Gasteiger partial charge in [0.05, 0.1) is 11.6 Å². The summed E-state index contributed by atoms with van der Waals surface area (Å²) in [6.07, 6.45) is -0.557. The van der Waals surface area contributed by atoms with E-state index >= 15 is 0 Å². The zero-order chi connectivity index (χ0) is 20.1. The van der Waals surface area contributed by atoms with Crippen molar-refractivity contribution in [3.8, 4) is 0 Å². The first kappa shape index (κ1) is 20.5. The van der Waals surface area contributed by atoms with Crippen LogP contribution in [0.15, 0.2) is 48.5 Å². The van der Waals surface area contributed by atoms with Crippen LogP contribution in [0.5, 0.6) is 0 Å². The molecule has 1 heterocycles. The molecule has 0 spiro atoms. The van der Waals surface area contributed by atoms with Gasteiger partial charge in [0.15, 0.2) is 5.11 Å². The van der Waals surface area contributed by atoms with Crippen LogP contribution in [0.3, 0.4) is 0 Å². The maximum Gasteiger partial charge on any atom is 0.416 e. The van der Waals surface area contributed by atoms with Crippen molar-refractivity contribution in [1.82, 2.24) is 5.32 Å². The summed E-state index contributed by atoms with van der Waals surface area (Å²) < 4.78 is 37.9. The molecule has 2 N–H and O–H groups in total. The molecule has 0 saturated carbocycles. The molecule has 1 fully saturated rings. The summed E-state index contributed by atoms with van der Waals surface area (Å²) in [5.74, 6) is 0. The van der Waals surface area contributed by atoms with Gasteiger partial charge >= 0.3 is 6.18 Å². The van der Waals surface area contributed by atoms with Crippen LogP contribution in [-0.4, -0.2) is 18.2 Å². The number of halogens is 3. The van der Waals surface area contributed by atoms with Gasteiger partial charge in [-0.15, -0.1) is 0 Å². The summed E-state index contributed by atoms with van der Waals surface area (Å²) in [5.41, 5.74) is 2.16. The van der Waals surface area contributed by atoms with Crippen molar-refractivity contribution < 1.29 is 13.2 Å². The normalized spacial score (nSPS) is 15.8. The number of nitrogens with zero attached hydrogens (tertiary/aromatic N) is 1. The molecule has 28 heavy (non-hydrogen) atoms. The van der Waals surface area contributed by atoms with Crippen molar-refractivity contribution in [1.29, 1.82) is 0 Å². The molecule has 1 saturated heterocycles. The molecule has 1 atom stereocenters. The minimum atomic E-state index is -4.34. The fourth-order valence-electron chi connectivity index (χ4n) is 3.32. The second-order valence-electron chi connectivity index (χ2n) is 7.03. The fourth-order valence-corrected chi connectivity index (χ4v) is 3.61. The van der Waals surface area contributed by atoms with E-state index in [4.69, 9.17) is 12.2 Å². The minimum Gasteiger partial charge on any atom is -0.372 e. The van der Waals surface area contributed by atoms with Gasteiger partial charge in [-0.25, -0.2) is 0 Å². The van der Waals surface area contributed by atoms with E-state index in [1.807, 2.05) is 6.92 Å². The van der Waals surface area contributed by atoms with Gasteiger partial charge in [-0.1, -0.05) is 12.1 Å². The molecule has 1 unspecified atom stereocenters. The first-order chi connectivity index (χ1) is 13.3. The van der Waals surface area contributed by atoms with E-state index in [-0.39, 0.29) is 6.04 Å². The Balaban J connectivity index is 1.55. The Morgan fingerprint density at radius 3 is 2.14 bits per heavy atom. The smallest absolute Gasteiger partial charge is 0.372 e. The molecule has 2 aromatic rings. The first-order valence-corrected chi connectivity index (χ1v) is 9.83. The molecule has 1 aliphatic rings. The third-order valence-corrected chi connectivity index (χ3v) is 5.15. The van der Waals surface area contributed by atoms with Crippen LogP contribution in [0, 0.1) is 0 Å². The average molecular weight is 408 g/mol. The predicted molar refractivity (Wildman–Crippen MR) is 112 cm³/mol. The Morgan fingerprint density at radius 2 is 1.57 bits per heavy atom. The van der Waals surface area contributed by atoms with Crippen LogP contribution in [-0.2, 0) is 6.18 Å². The third kappa shape index (κ3) is 5.38. The summed E-state index contributed by atoms with van der Waals surface area (Å²) in [5, 5.41) is 6.47. The number of hydrogen-bond acceptors (Lipinski definition) is 2. The van der Waals surface area contributed by atoms with Gasteiger partial charge < -0.3 is 15.5 Å². The van der Waals surface area contributed by atoms with E-state index in [0.29, 0.717) is 10.8 Å². The molecule has 3 rings (SSSR count). The second-order valence-corrected chi connectivity index (χ2v) is 7.44.